The van der Waals surface area contributed by atoms with Crippen molar-refractivity contribution in [3.63, 3.8) is 0 Å². The summed E-state index contributed by atoms with van der Waals surface area (Å²) >= 11 is 5.77. The van der Waals surface area contributed by atoms with Crippen molar-refractivity contribution >= 4 is 23.1 Å². The largest absolute Gasteiger partial charge is 0.351 e. The second kappa shape index (κ2) is 6.16. The van der Waals surface area contributed by atoms with E-state index in [9.17, 15) is 10.1 Å². The smallest absolute Gasteiger partial charge is 0.313 e. The fourth-order valence-electron chi connectivity index (χ4n) is 2.44. The number of rotatable bonds is 4. The van der Waals surface area contributed by atoms with E-state index in [0.29, 0.717) is 16.8 Å². The van der Waals surface area contributed by atoms with Crippen molar-refractivity contribution in [2.75, 3.05) is 31.6 Å². The van der Waals surface area contributed by atoms with E-state index in [1.807, 2.05) is 11.9 Å². The standard InChI is InChI=1S/C12H17ClN4O2/c1-14-7-9-2-4-16(5-3-9)12-11(17(18)19)6-10(13)8-15-12/h6,8-9,14H,2-5,7H2,1H3. The Morgan fingerprint density at radius 3 is 2.84 bits per heavy atom. The molecule has 0 saturated carbocycles. The Balaban J connectivity index is 2.13. The van der Waals surface area contributed by atoms with Crippen molar-refractivity contribution in [2.45, 2.75) is 12.8 Å². The first-order valence-corrected chi connectivity index (χ1v) is 6.69. The Bertz CT molecular complexity index is 461. The molecule has 1 fully saturated rings. The first-order valence-electron chi connectivity index (χ1n) is 6.31. The molecule has 0 spiro atoms. The van der Waals surface area contributed by atoms with E-state index in [2.05, 4.69) is 10.3 Å². The van der Waals surface area contributed by atoms with Gasteiger partial charge in [-0.05, 0) is 32.4 Å². The molecule has 0 amide bonds. The number of pyridine rings is 1. The molecule has 19 heavy (non-hydrogen) atoms. The summed E-state index contributed by atoms with van der Waals surface area (Å²) in [4.78, 5) is 16.7. The van der Waals surface area contributed by atoms with Crippen molar-refractivity contribution in [3.8, 4) is 0 Å². The molecule has 2 rings (SSSR count). The van der Waals surface area contributed by atoms with E-state index in [4.69, 9.17) is 11.6 Å². The van der Waals surface area contributed by atoms with Gasteiger partial charge in [-0.2, -0.15) is 0 Å². The minimum absolute atomic E-state index is 0.0143. The van der Waals surface area contributed by atoms with Crippen LogP contribution in [0.1, 0.15) is 12.8 Å². The summed E-state index contributed by atoms with van der Waals surface area (Å²) in [5.74, 6) is 1.06. The van der Waals surface area contributed by atoms with Crippen LogP contribution in [-0.4, -0.2) is 36.6 Å². The molecule has 2 heterocycles. The summed E-state index contributed by atoms with van der Waals surface area (Å²) in [5.41, 5.74) is -0.0143. The van der Waals surface area contributed by atoms with E-state index in [1.165, 1.54) is 12.3 Å². The number of halogens is 1. The molecule has 0 bridgehead atoms. The summed E-state index contributed by atoms with van der Waals surface area (Å²) in [5, 5.41) is 14.5. The predicted molar refractivity (Wildman–Crippen MR) is 74.8 cm³/mol. The number of nitrogens with one attached hydrogen (secondary N) is 1. The van der Waals surface area contributed by atoms with E-state index >= 15 is 0 Å². The lowest BCUT2D eigenvalue weighted by Gasteiger charge is -2.32. The van der Waals surface area contributed by atoms with Gasteiger partial charge in [-0.25, -0.2) is 4.98 Å². The number of aromatic nitrogens is 1. The van der Waals surface area contributed by atoms with Crippen LogP contribution in [0.2, 0.25) is 5.02 Å². The minimum Gasteiger partial charge on any atom is -0.351 e. The molecule has 0 atom stereocenters. The zero-order chi connectivity index (χ0) is 13.8. The van der Waals surface area contributed by atoms with Gasteiger partial charge in [0.25, 0.3) is 0 Å². The Hall–Kier alpha value is -1.40. The van der Waals surface area contributed by atoms with Gasteiger partial charge in [0.2, 0.25) is 5.82 Å². The van der Waals surface area contributed by atoms with Crippen molar-refractivity contribution in [1.29, 1.82) is 0 Å². The van der Waals surface area contributed by atoms with E-state index in [1.54, 1.807) is 0 Å². The Morgan fingerprint density at radius 1 is 1.58 bits per heavy atom. The Morgan fingerprint density at radius 2 is 2.26 bits per heavy atom. The highest BCUT2D eigenvalue weighted by Crippen LogP contribution is 2.31. The SMILES string of the molecule is CNCC1CCN(c2ncc(Cl)cc2[N+](=O)[O-])CC1. The van der Waals surface area contributed by atoms with Gasteiger partial charge in [0.05, 0.1) is 9.95 Å². The molecule has 1 aliphatic heterocycles. The average molecular weight is 285 g/mol. The summed E-state index contributed by atoms with van der Waals surface area (Å²) in [6.45, 7) is 2.58. The van der Waals surface area contributed by atoms with Gasteiger partial charge in [-0.3, -0.25) is 10.1 Å². The lowest BCUT2D eigenvalue weighted by Crippen LogP contribution is -2.37. The molecule has 0 radical (unpaired) electrons. The zero-order valence-electron chi connectivity index (χ0n) is 10.8. The third-order valence-corrected chi connectivity index (χ3v) is 3.62. The highest BCUT2D eigenvalue weighted by atomic mass is 35.5. The highest BCUT2D eigenvalue weighted by molar-refractivity contribution is 6.30. The molecule has 7 heteroatoms. The van der Waals surface area contributed by atoms with Crippen LogP contribution in [0, 0.1) is 16.0 Å². The van der Waals surface area contributed by atoms with Crippen molar-refractivity contribution < 1.29 is 4.92 Å². The first kappa shape index (κ1) is 14.0. The lowest BCUT2D eigenvalue weighted by atomic mass is 9.97. The summed E-state index contributed by atoms with van der Waals surface area (Å²) in [6, 6.07) is 1.36. The highest BCUT2D eigenvalue weighted by Gasteiger charge is 2.26. The van der Waals surface area contributed by atoms with Crippen LogP contribution in [0.3, 0.4) is 0 Å². The van der Waals surface area contributed by atoms with Crippen LogP contribution in [0.15, 0.2) is 12.3 Å². The number of piperidine rings is 1. The minimum atomic E-state index is -0.423. The van der Waals surface area contributed by atoms with Gasteiger partial charge in [0.1, 0.15) is 0 Å². The second-order valence-corrected chi connectivity index (χ2v) is 5.18. The van der Waals surface area contributed by atoms with Crippen molar-refractivity contribution in [3.05, 3.63) is 27.4 Å². The number of hydrogen-bond donors (Lipinski definition) is 1. The molecule has 0 aliphatic carbocycles. The molecule has 1 aromatic heterocycles. The Labute approximate surface area is 116 Å². The topological polar surface area (TPSA) is 71.3 Å². The predicted octanol–water partition coefficient (Wildman–Crippen LogP) is 2.08. The van der Waals surface area contributed by atoms with E-state index in [-0.39, 0.29) is 5.69 Å². The fourth-order valence-corrected chi connectivity index (χ4v) is 2.59. The molecular formula is C12H17ClN4O2. The van der Waals surface area contributed by atoms with Crippen LogP contribution in [0.5, 0.6) is 0 Å². The van der Waals surface area contributed by atoms with Crippen LogP contribution >= 0.6 is 11.6 Å². The summed E-state index contributed by atoms with van der Waals surface area (Å²) < 4.78 is 0. The molecule has 0 aromatic carbocycles. The maximum absolute atomic E-state index is 11.1. The van der Waals surface area contributed by atoms with Gasteiger partial charge in [-0.15, -0.1) is 0 Å². The summed E-state index contributed by atoms with van der Waals surface area (Å²) in [7, 11) is 1.94. The van der Waals surface area contributed by atoms with Gasteiger partial charge in [-0.1, -0.05) is 11.6 Å². The van der Waals surface area contributed by atoms with Gasteiger partial charge in [0.15, 0.2) is 0 Å². The van der Waals surface area contributed by atoms with Crippen LogP contribution in [-0.2, 0) is 0 Å². The van der Waals surface area contributed by atoms with E-state index in [0.717, 1.165) is 32.5 Å². The molecule has 104 valence electrons. The molecule has 1 saturated heterocycles. The summed E-state index contributed by atoms with van der Waals surface area (Å²) in [6.07, 6.45) is 3.49. The lowest BCUT2D eigenvalue weighted by molar-refractivity contribution is -0.384. The molecule has 1 aliphatic rings. The molecular weight excluding hydrogens is 268 g/mol. The van der Waals surface area contributed by atoms with Crippen LogP contribution < -0.4 is 10.2 Å². The third-order valence-electron chi connectivity index (χ3n) is 3.42. The zero-order valence-corrected chi connectivity index (χ0v) is 11.6. The fraction of sp³-hybridized carbons (Fsp3) is 0.583. The van der Waals surface area contributed by atoms with Gasteiger partial charge < -0.3 is 10.2 Å². The molecule has 0 unspecified atom stereocenters. The monoisotopic (exact) mass is 284 g/mol. The average Bonchev–Trinajstić information content (AvgIpc) is 2.40. The third kappa shape index (κ3) is 3.33. The van der Waals surface area contributed by atoms with Crippen molar-refractivity contribution in [1.82, 2.24) is 10.3 Å². The first-order chi connectivity index (χ1) is 9.11. The number of nitro groups is 1. The number of anilines is 1. The Kier molecular flexibility index (Phi) is 4.55. The van der Waals surface area contributed by atoms with Crippen LogP contribution in [0.4, 0.5) is 11.5 Å². The molecule has 1 aromatic rings. The van der Waals surface area contributed by atoms with Crippen molar-refractivity contribution in [2.24, 2.45) is 5.92 Å². The quantitative estimate of drug-likeness (QED) is 0.677. The number of hydrogen-bond acceptors (Lipinski definition) is 5. The number of nitrogens with zero attached hydrogens (tertiary/aromatic N) is 3. The molecule has 1 N–H and O–H groups in total. The van der Waals surface area contributed by atoms with Gasteiger partial charge >= 0.3 is 5.69 Å². The maximum Gasteiger partial charge on any atom is 0.313 e. The van der Waals surface area contributed by atoms with Crippen LogP contribution in [0.25, 0.3) is 0 Å². The van der Waals surface area contributed by atoms with E-state index < -0.39 is 4.92 Å². The second-order valence-electron chi connectivity index (χ2n) is 4.74. The molecule has 6 nitrogen and oxygen atoms in total. The maximum atomic E-state index is 11.1. The normalized spacial score (nSPS) is 16.6. The van der Waals surface area contributed by atoms with Gasteiger partial charge in [0, 0.05) is 25.4 Å².